The van der Waals surface area contributed by atoms with E-state index in [0.717, 1.165) is 0 Å². The van der Waals surface area contributed by atoms with Gasteiger partial charge in [0.1, 0.15) is 17.3 Å². The lowest BCUT2D eigenvalue weighted by molar-refractivity contribution is 0.101. The molecule has 0 unspecified atom stereocenters. The number of carbonyl (C=O) groups is 2. The Labute approximate surface area is 167 Å². The van der Waals surface area contributed by atoms with Crippen LogP contribution in [0, 0.1) is 5.82 Å². The summed E-state index contributed by atoms with van der Waals surface area (Å²) < 4.78 is 23.6. The zero-order valence-corrected chi connectivity index (χ0v) is 15.9. The first-order chi connectivity index (χ1) is 14.0. The first-order valence-corrected chi connectivity index (χ1v) is 8.70. The van der Waals surface area contributed by atoms with Crippen molar-refractivity contribution in [2.75, 3.05) is 24.9 Å². The van der Waals surface area contributed by atoms with Crippen molar-refractivity contribution in [1.82, 2.24) is 0 Å². The maximum atomic E-state index is 13.2. The van der Waals surface area contributed by atoms with Crippen LogP contribution in [-0.4, -0.2) is 26.0 Å². The molecule has 0 bridgehead atoms. The fraction of sp³-hybridized carbons (Fsp3) is 0.0909. The number of hydrogen-bond acceptors (Lipinski definition) is 4. The number of amides is 2. The largest absolute Gasteiger partial charge is 0.497 e. The van der Waals surface area contributed by atoms with Gasteiger partial charge in [-0.25, -0.2) is 4.39 Å². The zero-order chi connectivity index (χ0) is 20.8. The Hall–Kier alpha value is -3.87. The Bertz CT molecular complexity index is 1040. The minimum Gasteiger partial charge on any atom is -0.497 e. The molecule has 3 aromatic carbocycles. The summed E-state index contributed by atoms with van der Waals surface area (Å²) in [6.07, 6.45) is 0. The predicted molar refractivity (Wildman–Crippen MR) is 108 cm³/mol. The Balaban J connectivity index is 1.71. The van der Waals surface area contributed by atoms with E-state index in [1.54, 1.807) is 24.3 Å². The molecular formula is C22H19FN2O4. The zero-order valence-electron chi connectivity index (χ0n) is 15.9. The number of ether oxygens (including phenoxy) is 2. The van der Waals surface area contributed by atoms with E-state index >= 15 is 0 Å². The van der Waals surface area contributed by atoms with Crippen LogP contribution in [0.15, 0.2) is 66.7 Å². The Morgan fingerprint density at radius 3 is 2.03 bits per heavy atom. The highest BCUT2D eigenvalue weighted by molar-refractivity contribution is 6.07. The van der Waals surface area contributed by atoms with Crippen LogP contribution in [0.3, 0.4) is 0 Å². The van der Waals surface area contributed by atoms with Gasteiger partial charge in [-0.3, -0.25) is 9.59 Å². The van der Waals surface area contributed by atoms with Crippen LogP contribution in [-0.2, 0) is 0 Å². The van der Waals surface area contributed by atoms with Gasteiger partial charge in [-0.05, 0) is 54.6 Å². The van der Waals surface area contributed by atoms with Crippen molar-refractivity contribution in [2.45, 2.75) is 0 Å². The second kappa shape index (κ2) is 8.88. The summed E-state index contributed by atoms with van der Waals surface area (Å²) in [5.41, 5.74) is 1.51. The van der Waals surface area contributed by atoms with Crippen molar-refractivity contribution in [3.8, 4) is 11.5 Å². The van der Waals surface area contributed by atoms with E-state index in [0.29, 0.717) is 34.0 Å². The van der Waals surface area contributed by atoms with Crippen LogP contribution < -0.4 is 20.1 Å². The van der Waals surface area contributed by atoms with Crippen molar-refractivity contribution >= 4 is 23.2 Å². The monoisotopic (exact) mass is 394 g/mol. The fourth-order valence-electron chi connectivity index (χ4n) is 2.65. The van der Waals surface area contributed by atoms with Gasteiger partial charge in [0.25, 0.3) is 11.8 Å². The van der Waals surface area contributed by atoms with Gasteiger partial charge in [0.15, 0.2) is 0 Å². The normalized spacial score (nSPS) is 10.2. The summed E-state index contributed by atoms with van der Waals surface area (Å²) in [6.45, 7) is 0. The molecule has 2 N–H and O–H groups in total. The van der Waals surface area contributed by atoms with Crippen LogP contribution in [0.25, 0.3) is 0 Å². The van der Waals surface area contributed by atoms with Gasteiger partial charge in [0, 0.05) is 22.9 Å². The number of methoxy groups -OCH3 is 2. The summed E-state index contributed by atoms with van der Waals surface area (Å²) >= 11 is 0. The molecule has 3 aromatic rings. The summed E-state index contributed by atoms with van der Waals surface area (Å²) in [6, 6.07) is 16.8. The standard InChI is InChI=1S/C22H19FN2O4/c1-28-18-10-11-20(29-2)19(13-18)25-22(27)15-8-6-14(7-9-15)21(26)24-17-5-3-4-16(23)12-17/h3-13H,1-2H3,(H,24,26)(H,25,27). The molecule has 0 spiro atoms. The molecule has 0 radical (unpaired) electrons. The summed E-state index contributed by atoms with van der Waals surface area (Å²) in [7, 11) is 3.03. The van der Waals surface area contributed by atoms with E-state index in [2.05, 4.69) is 10.6 Å². The molecule has 0 saturated carbocycles. The third kappa shape index (κ3) is 4.90. The maximum Gasteiger partial charge on any atom is 0.255 e. The smallest absolute Gasteiger partial charge is 0.255 e. The van der Waals surface area contributed by atoms with Gasteiger partial charge in [0.05, 0.1) is 19.9 Å². The van der Waals surface area contributed by atoms with E-state index in [-0.39, 0.29) is 5.91 Å². The van der Waals surface area contributed by atoms with Gasteiger partial charge in [-0.1, -0.05) is 6.07 Å². The second-order valence-electron chi connectivity index (χ2n) is 6.06. The predicted octanol–water partition coefficient (Wildman–Crippen LogP) is 4.35. The first-order valence-electron chi connectivity index (χ1n) is 8.70. The van der Waals surface area contributed by atoms with Gasteiger partial charge in [0.2, 0.25) is 0 Å². The minimum atomic E-state index is -0.442. The van der Waals surface area contributed by atoms with Gasteiger partial charge < -0.3 is 20.1 Å². The summed E-state index contributed by atoms with van der Waals surface area (Å²) in [5.74, 6) is -0.149. The molecule has 0 aliphatic heterocycles. The number of nitrogens with one attached hydrogen (secondary N) is 2. The average Bonchev–Trinajstić information content (AvgIpc) is 2.73. The Morgan fingerprint density at radius 2 is 1.45 bits per heavy atom. The number of hydrogen-bond donors (Lipinski definition) is 2. The Morgan fingerprint density at radius 1 is 0.793 bits per heavy atom. The third-order valence-corrected chi connectivity index (χ3v) is 4.15. The number of carbonyl (C=O) groups excluding carboxylic acids is 2. The molecule has 0 aliphatic carbocycles. The highest BCUT2D eigenvalue weighted by Gasteiger charge is 2.13. The SMILES string of the molecule is COc1ccc(OC)c(NC(=O)c2ccc(C(=O)Nc3cccc(F)c3)cc2)c1. The lowest BCUT2D eigenvalue weighted by Crippen LogP contribution is -2.15. The number of halogens is 1. The number of benzene rings is 3. The quantitative estimate of drug-likeness (QED) is 0.652. The van der Waals surface area contributed by atoms with E-state index in [4.69, 9.17) is 9.47 Å². The van der Waals surface area contributed by atoms with E-state index in [9.17, 15) is 14.0 Å². The molecule has 29 heavy (non-hydrogen) atoms. The molecular weight excluding hydrogens is 375 g/mol. The topological polar surface area (TPSA) is 76.7 Å². The molecule has 0 aliphatic rings. The molecule has 7 heteroatoms. The average molecular weight is 394 g/mol. The van der Waals surface area contributed by atoms with Crippen LogP contribution in [0.1, 0.15) is 20.7 Å². The molecule has 0 atom stereocenters. The van der Waals surface area contributed by atoms with Gasteiger partial charge in [-0.2, -0.15) is 0 Å². The first kappa shape index (κ1) is 19.9. The van der Waals surface area contributed by atoms with Crippen molar-refractivity contribution in [2.24, 2.45) is 0 Å². The van der Waals surface area contributed by atoms with Crippen LogP contribution in [0.5, 0.6) is 11.5 Å². The molecule has 0 heterocycles. The summed E-state index contributed by atoms with van der Waals surface area (Å²) in [4.78, 5) is 24.8. The summed E-state index contributed by atoms with van der Waals surface area (Å²) in [5, 5.41) is 5.37. The second-order valence-corrected chi connectivity index (χ2v) is 6.06. The molecule has 3 rings (SSSR count). The lowest BCUT2D eigenvalue weighted by atomic mass is 10.1. The minimum absolute atomic E-state index is 0.338. The van der Waals surface area contributed by atoms with Gasteiger partial charge >= 0.3 is 0 Å². The van der Waals surface area contributed by atoms with Crippen LogP contribution >= 0.6 is 0 Å². The molecule has 2 amide bonds. The lowest BCUT2D eigenvalue weighted by Gasteiger charge is -2.12. The van der Waals surface area contributed by atoms with Crippen LogP contribution in [0.4, 0.5) is 15.8 Å². The van der Waals surface area contributed by atoms with Crippen molar-refractivity contribution in [1.29, 1.82) is 0 Å². The molecule has 0 aromatic heterocycles. The molecule has 6 nitrogen and oxygen atoms in total. The Kier molecular flexibility index (Phi) is 6.09. The van der Waals surface area contributed by atoms with E-state index < -0.39 is 11.7 Å². The number of rotatable bonds is 6. The van der Waals surface area contributed by atoms with Crippen LogP contribution in [0.2, 0.25) is 0 Å². The highest BCUT2D eigenvalue weighted by atomic mass is 19.1. The number of anilines is 2. The van der Waals surface area contributed by atoms with E-state index in [1.807, 2.05) is 0 Å². The molecule has 0 saturated heterocycles. The van der Waals surface area contributed by atoms with Gasteiger partial charge in [-0.15, -0.1) is 0 Å². The van der Waals surface area contributed by atoms with Crippen molar-refractivity contribution in [3.05, 3.63) is 83.7 Å². The van der Waals surface area contributed by atoms with Crippen molar-refractivity contribution in [3.63, 3.8) is 0 Å². The van der Waals surface area contributed by atoms with Crippen molar-refractivity contribution < 1.29 is 23.5 Å². The van der Waals surface area contributed by atoms with E-state index in [1.165, 1.54) is 56.7 Å². The fourth-order valence-corrected chi connectivity index (χ4v) is 2.65. The molecule has 148 valence electrons. The highest BCUT2D eigenvalue weighted by Crippen LogP contribution is 2.29. The molecule has 0 fully saturated rings. The third-order valence-electron chi connectivity index (χ3n) is 4.15. The maximum absolute atomic E-state index is 13.2.